The lowest BCUT2D eigenvalue weighted by Gasteiger charge is -2.25. The molecule has 0 saturated carbocycles. The highest BCUT2D eigenvalue weighted by atomic mass is 32.1. The molecule has 8 heteroatoms. The van der Waals surface area contributed by atoms with Gasteiger partial charge in [0.05, 0.1) is 28.5 Å². The fraction of sp³-hybridized carbons (Fsp3) is 0.320. The van der Waals surface area contributed by atoms with Crippen LogP contribution in [-0.4, -0.2) is 45.9 Å². The van der Waals surface area contributed by atoms with Gasteiger partial charge in [0.2, 0.25) is 5.78 Å². The number of thiazole rings is 1. The Morgan fingerprint density at radius 1 is 1.24 bits per heavy atom. The van der Waals surface area contributed by atoms with Crippen molar-refractivity contribution in [3.05, 3.63) is 76.4 Å². The van der Waals surface area contributed by atoms with Crippen LogP contribution >= 0.6 is 11.3 Å². The minimum atomic E-state index is -0.805. The van der Waals surface area contributed by atoms with Crippen LogP contribution in [-0.2, 0) is 9.53 Å². The standard InChI is InChI=1S/C25H26N2O5S/c1-15(2)31-14-8-12-27-20(18-11-7-13-32-18)19(22(29)25(27)30)21(28)23-16(3)26-24(33-23)17-9-5-4-6-10-17/h4-7,9-11,13,15,20,29H,8,12,14H2,1-3H3. The second kappa shape index (κ2) is 9.72. The van der Waals surface area contributed by atoms with Crippen molar-refractivity contribution in [2.45, 2.75) is 39.3 Å². The van der Waals surface area contributed by atoms with Gasteiger partial charge in [0.15, 0.2) is 5.76 Å². The molecule has 7 nitrogen and oxygen atoms in total. The van der Waals surface area contributed by atoms with Crippen molar-refractivity contribution in [3.8, 4) is 10.6 Å². The molecule has 0 fully saturated rings. The van der Waals surface area contributed by atoms with Crippen molar-refractivity contribution in [2.75, 3.05) is 13.2 Å². The highest BCUT2D eigenvalue weighted by Crippen LogP contribution is 2.41. The molecule has 3 aromatic rings. The fourth-order valence-electron chi connectivity index (χ4n) is 3.85. The summed E-state index contributed by atoms with van der Waals surface area (Å²) < 4.78 is 11.2. The molecule has 0 radical (unpaired) electrons. The monoisotopic (exact) mass is 466 g/mol. The molecule has 33 heavy (non-hydrogen) atoms. The van der Waals surface area contributed by atoms with Crippen LogP contribution in [0.4, 0.5) is 0 Å². The summed E-state index contributed by atoms with van der Waals surface area (Å²) in [4.78, 5) is 33.0. The van der Waals surface area contributed by atoms with Gasteiger partial charge < -0.3 is 19.2 Å². The SMILES string of the molecule is Cc1nc(-c2ccccc2)sc1C(=O)C1=C(O)C(=O)N(CCCOC(C)C)C1c1ccco1. The van der Waals surface area contributed by atoms with Crippen LogP contribution in [0.2, 0.25) is 0 Å². The number of rotatable bonds is 9. The molecule has 1 aliphatic rings. The molecule has 1 unspecified atom stereocenters. The van der Waals surface area contributed by atoms with E-state index in [1.54, 1.807) is 19.1 Å². The maximum Gasteiger partial charge on any atom is 0.290 e. The van der Waals surface area contributed by atoms with Crippen LogP contribution in [0.5, 0.6) is 0 Å². The maximum absolute atomic E-state index is 13.6. The van der Waals surface area contributed by atoms with Crippen molar-refractivity contribution >= 4 is 23.0 Å². The third-order valence-electron chi connectivity index (χ3n) is 5.38. The van der Waals surface area contributed by atoms with E-state index in [9.17, 15) is 14.7 Å². The summed E-state index contributed by atoms with van der Waals surface area (Å²) in [5.74, 6) is -1.12. The number of ketones is 1. The predicted octanol–water partition coefficient (Wildman–Crippen LogP) is 5.10. The lowest BCUT2D eigenvalue weighted by atomic mass is 9.99. The van der Waals surface area contributed by atoms with Crippen LogP contribution < -0.4 is 0 Å². The number of furan rings is 1. The number of hydrogen-bond donors (Lipinski definition) is 1. The van der Waals surface area contributed by atoms with Crippen LogP contribution in [0.25, 0.3) is 10.6 Å². The first-order chi connectivity index (χ1) is 15.9. The van der Waals surface area contributed by atoms with E-state index in [1.165, 1.54) is 22.5 Å². The van der Waals surface area contributed by atoms with E-state index < -0.39 is 23.5 Å². The van der Waals surface area contributed by atoms with Gasteiger partial charge >= 0.3 is 0 Å². The molecule has 1 aromatic carbocycles. The van der Waals surface area contributed by atoms with Crippen LogP contribution in [0, 0.1) is 6.92 Å². The number of amides is 1. The molecule has 1 amide bonds. The van der Waals surface area contributed by atoms with Crippen molar-refractivity contribution in [2.24, 2.45) is 0 Å². The summed E-state index contributed by atoms with van der Waals surface area (Å²) in [5.41, 5.74) is 1.48. The zero-order valence-corrected chi connectivity index (χ0v) is 19.6. The van der Waals surface area contributed by atoms with Crippen LogP contribution in [0.3, 0.4) is 0 Å². The Balaban J connectivity index is 1.66. The van der Waals surface area contributed by atoms with Gasteiger partial charge in [-0.25, -0.2) is 4.98 Å². The summed E-state index contributed by atoms with van der Waals surface area (Å²) in [6, 6.07) is 12.2. The Bertz CT molecular complexity index is 1160. The van der Waals surface area contributed by atoms with Gasteiger partial charge in [0.25, 0.3) is 5.91 Å². The van der Waals surface area contributed by atoms with Gasteiger partial charge in [0.1, 0.15) is 16.8 Å². The molecule has 1 aliphatic heterocycles. The van der Waals surface area contributed by atoms with Crippen molar-refractivity contribution in [1.82, 2.24) is 9.88 Å². The Morgan fingerprint density at radius 3 is 2.67 bits per heavy atom. The van der Waals surface area contributed by atoms with Gasteiger partial charge in [-0.15, -0.1) is 11.3 Å². The molecule has 172 valence electrons. The number of carbonyl (C=O) groups excluding carboxylic acids is 2. The average Bonchev–Trinajstić information content (AvgIpc) is 3.52. The smallest absolute Gasteiger partial charge is 0.290 e. The third-order valence-corrected chi connectivity index (χ3v) is 6.58. The zero-order chi connectivity index (χ0) is 23.5. The fourth-order valence-corrected chi connectivity index (χ4v) is 4.87. The molecule has 4 rings (SSSR count). The number of benzene rings is 1. The van der Waals surface area contributed by atoms with Crippen LogP contribution in [0.1, 0.15) is 47.4 Å². The summed E-state index contributed by atoms with van der Waals surface area (Å²) in [6.07, 6.45) is 2.13. The molecule has 1 N–H and O–H groups in total. The van der Waals surface area contributed by atoms with E-state index in [0.29, 0.717) is 40.9 Å². The number of ether oxygens (including phenoxy) is 1. The van der Waals surface area contributed by atoms with E-state index in [2.05, 4.69) is 4.98 Å². The maximum atomic E-state index is 13.6. The molecular weight excluding hydrogens is 440 g/mol. The molecule has 2 aromatic heterocycles. The number of carbonyl (C=O) groups is 2. The van der Waals surface area contributed by atoms with Crippen molar-refractivity contribution < 1.29 is 23.8 Å². The summed E-state index contributed by atoms with van der Waals surface area (Å²) >= 11 is 1.25. The topological polar surface area (TPSA) is 92.9 Å². The molecule has 0 spiro atoms. The Kier molecular flexibility index (Phi) is 6.76. The number of aliphatic hydroxyl groups is 1. The lowest BCUT2D eigenvalue weighted by molar-refractivity contribution is -0.129. The first-order valence-electron chi connectivity index (χ1n) is 10.8. The summed E-state index contributed by atoms with van der Waals surface area (Å²) in [6.45, 7) is 6.42. The highest BCUT2D eigenvalue weighted by molar-refractivity contribution is 7.17. The Labute approximate surface area is 196 Å². The van der Waals surface area contributed by atoms with E-state index in [0.717, 1.165) is 5.56 Å². The minimum absolute atomic E-state index is 0.0195. The Morgan fingerprint density at radius 2 is 2.00 bits per heavy atom. The molecule has 0 saturated heterocycles. The van der Waals surface area contributed by atoms with E-state index in [1.807, 2.05) is 44.2 Å². The third kappa shape index (κ3) is 4.62. The van der Waals surface area contributed by atoms with Crippen molar-refractivity contribution in [3.63, 3.8) is 0 Å². The van der Waals surface area contributed by atoms with Gasteiger partial charge in [0, 0.05) is 18.7 Å². The number of aromatic nitrogens is 1. The second-order valence-electron chi connectivity index (χ2n) is 8.08. The molecule has 3 heterocycles. The highest BCUT2D eigenvalue weighted by Gasteiger charge is 2.45. The van der Waals surface area contributed by atoms with Gasteiger partial charge in [-0.1, -0.05) is 30.3 Å². The molecular formula is C25H26N2O5S. The Hall–Kier alpha value is -3.23. The van der Waals surface area contributed by atoms with Gasteiger partial charge in [-0.2, -0.15) is 0 Å². The van der Waals surface area contributed by atoms with Gasteiger partial charge in [-0.3, -0.25) is 9.59 Å². The molecule has 0 bridgehead atoms. The number of aryl methyl sites for hydroxylation is 1. The average molecular weight is 467 g/mol. The first kappa shape index (κ1) is 22.9. The van der Waals surface area contributed by atoms with E-state index in [4.69, 9.17) is 9.15 Å². The second-order valence-corrected chi connectivity index (χ2v) is 9.08. The lowest BCUT2D eigenvalue weighted by Crippen LogP contribution is -2.32. The summed E-state index contributed by atoms with van der Waals surface area (Å²) in [7, 11) is 0. The number of aliphatic hydroxyl groups excluding tert-OH is 1. The summed E-state index contributed by atoms with van der Waals surface area (Å²) in [5, 5.41) is 11.5. The predicted molar refractivity (Wildman–Crippen MR) is 125 cm³/mol. The minimum Gasteiger partial charge on any atom is -0.503 e. The zero-order valence-electron chi connectivity index (χ0n) is 18.8. The quantitative estimate of drug-likeness (QED) is 0.348. The van der Waals surface area contributed by atoms with E-state index >= 15 is 0 Å². The largest absolute Gasteiger partial charge is 0.503 e. The van der Waals surface area contributed by atoms with E-state index in [-0.39, 0.29) is 11.7 Å². The number of hydrogen-bond acceptors (Lipinski definition) is 7. The van der Waals surface area contributed by atoms with Crippen molar-refractivity contribution in [1.29, 1.82) is 0 Å². The normalized spacial score (nSPS) is 16.3. The van der Waals surface area contributed by atoms with Crippen LogP contribution in [0.15, 0.2) is 64.5 Å². The molecule has 0 aliphatic carbocycles. The first-order valence-corrected chi connectivity index (χ1v) is 11.7. The molecule has 1 atom stereocenters. The van der Waals surface area contributed by atoms with Gasteiger partial charge in [-0.05, 0) is 39.3 Å². The number of nitrogens with zero attached hydrogens (tertiary/aromatic N) is 2. The number of Topliss-reactive ketones (excluding diaryl/α,β-unsaturated/α-hetero) is 1.